The predicted molar refractivity (Wildman–Crippen MR) is 104 cm³/mol. The van der Waals surface area contributed by atoms with E-state index >= 15 is 0 Å². The van der Waals surface area contributed by atoms with Crippen LogP contribution >= 0.6 is 0 Å². The highest BCUT2D eigenvalue weighted by Gasteiger charge is 2.23. The number of nitrogens with zero attached hydrogens (tertiary/aromatic N) is 4. The first-order valence-electron chi connectivity index (χ1n) is 9.47. The Hall–Kier alpha value is -2.67. The van der Waals surface area contributed by atoms with Crippen LogP contribution in [0.5, 0.6) is 0 Å². The summed E-state index contributed by atoms with van der Waals surface area (Å²) in [5.41, 5.74) is 1.21. The standard InChI is InChI=1S/C20H27N5O2/c1-3-18-22-19(27-23-18)16(2)21-20(26)25-14-12-24(13-15-25)11-7-10-17-8-5-4-6-9-17/h4-10,16H,3,11-15H2,1-2H3,(H,21,26)/b10-7+/t16-/m1/s1. The molecule has 1 saturated heterocycles. The van der Waals surface area contributed by atoms with E-state index in [9.17, 15) is 4.79 Å². The fourth-order valence-electron chi connectivity index (χ4n) is 2.96. The van der Waals surface area contributed by atoms with Crippen molar-refractivity contribution < 1.29 is 9.32 Å². The quantitative estimate of drug-likeness (QED) is 0.847. The number of aryl methyl sites for hydroxylation is 1. The van der Waals surface area contributed by atoms with Gasteiger partial charge in [0.25, 0.3) is 0 Å². The Bertz CT molecular complexity index is 751. The van der Waals surface area contributed by atoms with Crippen LogP contribution in [0.4, 0.5) is 4.79 Å². The lowest BCUT2D eigenvalue weighted by Crippen LogP contribution is -2.52. The van der Waals surface area contributed by atoms with E-state index in [1.54, 1.807) is 0 Å². The van der Waals surface area contributed by atoms with Crippen molar-refractivity contribution in [3.8, 4) is 0 Å². The van der Waals surface area contributed by atoms with Crippen LogP contribution in [0.2, 0.25) is 0 Å². The number of urea groups is 1. The van der Waals surface area contributed by atoms with Crippen LogP contribution in [-0.4, -0.2) is 58.7 Å². The highest BCUT2D eigenvalue weighted by Crippen LogP contribution is 2.11. The van der Waals surface area contributed by atoms with E-state index in [-0.39, 0.29) is 12.1 Å². The summed E-state index contributed by atoms with van der Waals surface area (Å²) in [6.07, 6.45) is 5.02. The highest BCUT2D eigenvalue weighted by atomic mass is 16.5. The summed E-state index contributed by atoms with van der Waals surface area (Å²) in [6, 6.07) is 9.89. The number of benzene rings is 1. The zero-order valence-electron chi connectivity index (χ0n) is 16.0. The Kier molecular flexibility index (Phi) is 6.59. The predicted octanol–water partition coefficient (Wildman–Crippen LogP) is 2.73. The molecule has 1 atom stereocenters. The third-order valence-corrected chi connectivity index (χ3v) is 4.64. The van der Waals surface area contributed by atoms with Crippen molar-refractivity contribution in [3.63, 3.8) is 0 Å². The molecule has 0 spiro atoms. The molecule has 1 aromatic heterocycles. The van der Waals surface area contributed by atoms with E-state index in [4.69, 9.17) is 4.52 Å². The first-order valence-corrected chi connectivity index (χ1v) is 9.47. The highest BCUT2D eigenvalue weighted by molar-refractivity contribution is 5.74. The Labute approximate surface area is 160 Å². The molecule has 0 aliphatic carbocycles. The van der Waals surface area contributed by atoms with Crippen molar-refractivity contribution in [2.24, 2.45) is 0 Å². The van der Waals surface area contributed by atoms with Gasteiger partial charge in [-0.25, -0.2) is 4.79 Å². The largest absolute Gasteiger partial charge is 0.337 e. The third-order valence-electron chi connectivity index (χ3n) is 4.64. The van der Waals surface area contributed by atoms with Gasteiger partial charge >= 0.3 is 6.03 Å². The number of rotatable bonds is 6. The second-order valence-electron chi connectivity index (χ2n) is 6.67. The molecule has 1 aliphatic rings. The summed E-state index contributed by atoms with van der Waals surface area (Å²) >= 11 is 0. The number of carbonyl (C=O) groups is 1. The van der Waals surface area contributed by atoms with Gasteiger partial charge in [-0.2, -0.15) is 4.98 Å². The lowest BCUT2D eigenvalue weighted by Gasteiger charge is -2.34. The maximum Gasteiger partial charge on any atom is 0.318 e. The monoisotopic (exact) mass is 369 g/mol. The molecule has 2 aromatic rings. The Morgan fingerprint density at radius 1 is 1.26 bits per heavy atom. The van der Waals surface area contributed by atoms with Crippen molar-refractivity contribution in [2.75, 3.05) is 32.7 Å². The smallest absolute Gasteiger partial charge is 0.318 e. The minimum Gasteiger partial charge on any atom is -0.337 e. The van der Waals surface area contributed by atoms with Gasteiger partial charge in [-0.15, -0.1) is 0 Å². The van der Waals surface area contributed by atoms with E-state index in [2.05, 4.69) is 44.6 Å². The van der Waals surface area contributed by atoms with Crippen LogP contribution in [0.25, 0.3) is 6.08 Å². The van der Waals surface area contributed by atoms with Gasteiger partial charge in [-0.3, -0.25) is 4.90 Å². The van der Waals surface area contributed by atoms with Gasteiger partial charge < -0.3 is 14.7 Å². The molecule has 2 amide bonds. The third kappa shape index (κ3) is 5.40. The van der Waals surface area contributed by atoms with E-state index < -0.39 is 0 Å². The lowest BCUT2D eigenvalue weighted by molar-refractivity contribution is 0.143. The maximum absolute atomic E-state index is 12.5. The molecule has 0 saturated carbocycles. The first-order chi connectivity index (χ1) is 13.2. The minimum absolute atomic E-state index is 0.0850. The average Bonchev–Trinajstić information content (AvgIpc) is 3.19. The molecule has 2 heterocycles. The Morgan fingerprint density at radius 2 is 2.00 bits per heavy atom. The number of aromatic nitrogens is 2. The zero-order chi connectivity index (χ0) is 19.1. The zero-order valence-corrected chi connectivity index (χ0v) is 16.0. The van der Waals surface area contributed by atoms with Gasteiger partial charge in [0.05, 0.1) is 0 Å². The minimum atomic E-state index is -0.294. The van der Waals surface area contributed by atoms with Crippen LogP contribution in [-0.2, 0) is 6.42 Å². The van der Waals surface area contributed by atoms with E-state index in [1.807, 2.05) is 36.9 Å². The van der Waals surface area contributed by atoms with E-state index in [0.717, 1.165) is 19.6 Å². The van der Waals surface area contributed by atoms with E-state index in [1.165, 1.54) is 5.56 Å². The summed E-state index contributed by atoms with van der Waals surface area (Å²) < 4.78 is 5.19. The average molecular weight is 369 g/mol. The molecule has 0 unspecified atom stereocenters. The molecule has 144 valence electrons. The van der Waals surface area contributed by atoms with Crippen molar-refractivity contribution in [3.05, 3.63) is 53.7 Å². The molecule has 1 fully saturated rings. The molecule has 1 aliphatic heterocycles. The van der Waals surface area contributed by atoms with Crippen LogP contribution < -0.4 is 5.32 Å². The number of amides is 2. The maximum atomic E-state index is 12.5. The van der Waals surface area contributed by atoms with Gasteiger partial charge in [0.1, 0.15) is 6.04 Å². The van der Waals surface area contributed by atoms with Gasteiger partial charge in [0, 0.05) is 39.1 Å². The second-order valence-corrected chi connectivity index (χ2v) is 6.67. The SMILES string of the molecule is CCc1noc([C@@H](C)NC(=O)N2CCN(C/C=C/c3ccccc3)CC2)n1. The number of nitrogens with one attached hydrogen (secondary N) is 1. The summed E-state index contributed by atoms with van der Waals surface area (Å²) in [7, 11) is 0. The molecule has 0 radical (unpaired) electrons. The van der Waals surface area contributed by atoms with Crippen LogP contribution in [0, 0.1) is 0 Å². The second kappa shape index (κ2) is 9.32. The van der Waals surface area contributed by atoms with Crippen LogP contribution in [0.15, 0.2) is 40.9 Å². The molecule has 3 rings (SSSR count). The lowest BCUT2D eigenvalue weighted by atomic mass is 10.2. The van der Waals surface area contributed by atoms with Gasteiger partial charge in [0.2, 0.25) is 5.89 Å². The van der Waals surface area contributed by atoms with Crippen LogP contribution in [0.3, 0.4) is 0 Å². The molecule has 1 aromatic carbocycles. The first kappa shape index (κ1) is 19.1. The fraction of sp³-hybridized carbons (Fsp3) is 0.450. The number of carbonyl (C=O) groups excluding carboxylic acids is 1. The normalized spacial score (nSPS) is 16.6. The molecule has 27 heavy (non-hydrogen) atoms. The van der Waals surface area contributed by atoms with E-state index in [0.29, 0.717) is 31.2 Å². The van der Waals surface area contributed by atoms with Crippen molar-refractivity contribution in [2.45, 2.75) is 26.3 Å². The summed E-state index contributed by atoms with van der Waals surface area (Å²) in [5, 5.41) is 6.81. The molecular formula is C20H27N5O2. The van der Waals surface area contributed by atoms with Crippen molar-refractivity contribution in [1.29, 1.82) is 0 Å². The summed E-state index contributed by atoms with van der Waals surface area (Å²) in [6.45, 7) is 7.86. The Balaban J connectivity index is 1.41. The Morgan fingerprint density at radius 3 is 2.67 bits per heavy atom. The van der Waals surface area contributed by atoms with Crippen molar-refractivity contribution >= 4 is 12.1 Å². The summed E-state index contributed by atoms with van der Waals surface area (Å²) in [4.78, 5) is 20.9. The molecular weight excluding hydrogens is 342 g/mol. The number of hydrogen-bond acceptors (Lipinski definition) is 5. The molecule has 7 heteroatoms. The van der Waals surface area contributed by atoms with Crippen LogP contribution in [0.1, 0.15) is 37.2 Å². The molecule has 7 nitrogen and oxygen atoms in total. The fourth-order valence-corrected chi connectivity index (χ4v) is 2.96. The molecule has 0 bridgehead atoms. The molecule has 1 N–H and O–H groups in total. The number of hydrogen-bond donors (Lipinski definition) is 1. The topological polar surface area (TPSA) is 74.5 Å². The van der Waals surface area contributed by atoms with Gasteiger partial charge in [0.15, 0.2) is 5.82 Å². The van der Waals surface area contributed by atoms with Gasteiger partial charge in [-0.05, 0) is 12.5 Å². The number of piperazine rings is 1. The van der Waals surface area contributed by atoms with Gasteiger partial charge in [-0.1, -0.05) is 54.6 Å². The van der Waals surface area contributed by atoms with Crippen molar-refractivity contribution in [1.82, 2.24) is 25.3 Å². The summed E-state index contributed by atoms with van der Waals surface area (Å²) in [5.74, 6) is 1.10.